The van der Waals surface area contributed by atoms with Crippen molar-refractivity contribution in [2.24, 2.45) is 0 Å². The summed E-state index contributed by atoms with van der Waals surface area (Å²) in [5, 5.41) is 13.8. The zero-order valence-corrected chi connectivity index (χ0v) is 8.94. The van der Waals surface area contributed by atoms with Gasteiger partial charge in [-0.1, -0.05) is 31.5 Å². The number of aromatic nitrogens is 1. The summed E-state index contributed by atoms with van der Waals surface area (Å²) in [7, 11) is 0. The Morgan fingerprint density at radius 1 is 1.20 bits per heavy atom. The van der Waals surface area contributed by atoms with Gasteiger partial charge >= 0.3 is 0 Å². The van der Waals surface area contributed by atoms with Crippen LogP contribution in [0.2, 0.25) is 0 Å². The fourth-order valence-corrected chi connectivity index (χ4v) is 1.75. The lowest BCUT2D eigenvalue weighted by molar-refractivity contribution is -0.612. The highest BCUT2D eigenvalue weighted by Crippen LogP contribution is 2.13. The second kappa shape index (κ2) is 4.30. The van der Waals surface area contributed by atoms with Crippen molar-refractivity contribution in [3.05, 3.63) is 47.4 Å². The molecule has 0 spiro atoms. The smallest absolute Gasteiger partial charge is 0.193 e. The summed E-state index contributed by atoms with van der Waals surface area (Å²) >= 11 is 0. The minimum Gasteiger partial charge on any atom is -0.618 e. The van der Waals surface area contributed by atoms with Crippen LogP contribution < -0.4 is 4.73 Å². The molecule has 0 N–H and O–H groups in total. The average Bonchev–Trinajstić information content (AvgIpc) is 2.26. The third kappa shape index (κ3) is 2.09. The van der Waals surface area contributed by atoms with Gasteiger partial charge in [0.2, 0.25) is 0 Å². The lowest BCUT2D eigenvalue weighted by Gasteiger charge is -2.05. The number of aryl methyl sites for hydroxylation is 1. The molecule has 2 rings (SSSR count). The molecule has 78 valence electrons. The van der Waals surface area contributed by atoms with E-state index in [2.05, 4.69) is 6.92 Å². The number of nitrogens with zero attached hydrogens (tertiary/aromatic N) is 1. The lowest BCUT2D eigenvalue weighted by Crippen LogP contribution is -2.31. The van der Waals surface area contributed by atoms with E-state index in [-0.39, 0.29) is 0 Å². The molecule has 1 heterocycles. The van der Waals surface area contributed by atoms with Crippen LogP contribution in [-0.2, 0) is 6.42 Å². The van der Waals surface area contributed by atoms with Crippen molar-refractivity contribution in [2.45, 2.75) is 26.2 Å². The summed E-state index contributed by atoms with van der Waals surface area (Å²) in [6.07, 6.45) is 4.72. The normalized spacial score (nSPS) is 10.7. The van der Waals surface area contributed by atoms with Crippen molar-refractivity contribution in [3.63, 3.8) is 0 Å². The van der Waals surface area contributed by atoms with E-state index in [9.17, 15) is 5.21 Å². The number of unbranched alkanes of at least 4 members (excludes halogenated alkanes) is 1. The molecule has 0 radical (unpaired) electrons. The highest BCUT2D eigenvalue weighted by molar-refractivity contribution is 5.80. The van der Waals surface area contributed by atoms with Gasteiger partial charge in [0.05, 0.1) is 0 Å². The molecule has 0 aliphatic rings. The molecule has 0 atom stereocenters. The predicted octanol–water partition coefficient (Wildman–Crippen LogP) is 2.82. The summed E-state index contributed by atoms with van der Waals surface area (Å²) in [6.45, 7) is 2.14. The molecule has 0 aliphatic carbocycles. The Morgan fingerprint density at radius 3 is 2.67 bits per heavy atom. The zero-order chi connectivity index (χ0) is 10.7. The Bertz CT molecular complexity index is 465. The third-order valence-corrected chi connectivity index (χ3v) is 2.64. The zero-order valence-electron chi connectivity index (χ0n) is 8.94. The minimum atomic E-state index is 0.866. The molecular weight excluding hydrogens is 186 g/mol. The van der Waals surface area contributed by atoms with Crippen LogP contribution in [-0.4, -0.2) is 0 Å². The Morgan fingerprint density at radius 2 is 1.93 bits per heavy atom. The first-order valence-electron chi connectivity index (χ1n) is 5.42. The molecule has 0 bridgehead atoms. The first-order valence-corrected chi connectivity index (χ1v) is 5.42. The van der Waals surface area contributed by atoms with E-state index in [1.54, 1.807) is 6.20 Å². The Labute approximate surface area is 89.8 Å². The lowest BCUT2D eigenvalue weighted by atomic mass is 10.1. The molecule has 1 aromatic heterocycles. The van der Waals surface area contributed by atoms with Crippen molar-refractivity contribution in [1.82, 2.24) is 0 Å². The maximum absolute atomic E-state index is 11.7. The first-order chi connectivity index (χ1) is 7.31. The minimum absolute atomic E-state index is 0.866. The molecule has 0 saturated carbocycles. The van der Waals surface area contributed by atoms with E-state index in [0.29, 0.717) is 0 Å². The van der Waals surface area contributed by atoms with Crippen LogP contribution in [0.3, 0.4) is 0 Å². The van der Waals surface area contributed by atoms with E-state index in [4.69, 9.17) is 0 Å². The van der Waals surface area contributed by atoms with Crippen molar-refractivity contribution in [1.29, 1.82) is 0 Å². The quantitative estimate of drug-likeness (QED) is 0.554. The van der Waals surface area contributed by atoms with Crippen LogP contribution in [0.25, 0.3) is 10.8 Å². The fourth-order valence-electron chi connectivity index (χ4n) is 1.75. The number of hydrogen-bond acceptors (Lipinski definition) is 1. The number of fused-ring (bicyclic) bond motifs is 1. The van der Waals surface area contributed by atoms with Crippen LogP contribution >= 0.6 is 0 Å². The Balaban J connectivity index is 2.43. The van der Waals surface area contributed by atoms with Crippen molar-refractivity contribution in [3.8, 4) is 0 Å². The SMILES string of the molecule is CCCCc1cc2ccccc2c[n+]1[O-]. The van der Waals surface area contributed by atoms with Crippen LogP contribution in [0.1, 0.15) is 25.5 Å². The molecule has 2 heteroatoms. The Kier molecular flexibility index (Phi) is 2.86. The second-order valence-electron chi connectivity index (χ2n) is 3.82. The van der Waals surface area contributed by atoms with E-state index in [0.717, 1.165) is 40.5 Å². The summed E-state index contributed by atoms with van der Waals surface area (Å²) in [5.74, 6) is 0. The van der Waals surface area contributed by atoms with E-state index < -0.39 is 0 Å². The number of hydrogen-bond donors (Lipinski definition) is 0. The fraction of sp³-hybridized carbons (Fsp3) is 0.308. The highest BCUT2D eigenvalue weighted by Gasteiger charge is 2.06. The predicted molar refractivity (Wildman–Crippen MR) is 61.5 cm³/mol. The molecule has 15 heavy (non-hydrogen) atoms. The monoisotopic (exact) mass is 201 g/mol. The van der Waals surface area contributed by atoms with Crippen LogP contribution in [0.15, 0.2) is 36.5 Å². The summed E-state index contributed by atoms with van der Waals surface area (Å²) in [4.78, 5) is 0. The maximum Gasteiger partial charge on any atom is 0.193 e. The van der Waals surface area contributed by atoms with Gasteiger partial charge in [0.15, 0.2) is 11.9 Å². The first kappa shape index (κ1) is 9.97. The summed E-state index contributed by atoms with van der Waals surface area (Å²) in [6, 6.07) is 9.96. The number of pyridine rings is 1. The van der Waals surface area contributed by atoms with Gasteiger partial charge in [-0.3, -0.25) is 0 Å². The van der Waals surface area contributed by atoms with Gasteiger partial charge in [0, 0.05) is 17.9 Å². The molecule has 0 amide bonds. The number of benzene rings is 1. The van der Waals surface area contributed by atoms with Gasteiger partial charge in [-0.2, -0.15) is 4.73 Å². The highest BCUT2D eigenvalue weighted by atomic mass is 16.5. The largest absolute Gasteiger partial charge is 0.618 e. The molecule has 1 aromatic carbocycles. The molecule has 0 fully saturated rings. The second-order valence-corrected chi connectivity index (χ2v) is 3.82. The average molecular weight is 201 g/mol. The molecule has 2 nitrogen and oxygen atoms in total. The molecular formula is C13H15NO. The van der Waals surface area contributed by atoms with Gasteiger partial charge in [0.25, 0.3) is 0 Å². The topological polar surface area (TPSA) is 26.9 Å². The summed E-state index contributed by atoms with van der Waals surface area (Å²) < 4.78 is 0.998. The van der Waals surface area contributed by atoms with E-state index in [1.807, 2.05) is 30.3 Å². The molecule has 0 aliphatic heterocycles. The van der Waals surface area contributed by atoms with Crippen LogP contribution in [0.4, 0.5) is 0 Å². The summed E-state index contributed by atoms with van der Waals surface area (Å²) in [5.41, 5.74) is 0.871. The van der Waals surface area contributed by atoms with Gasteiger partial charge in [-0.15, -0.1) is 0 Å². The van der Waals surface area contributed by atoms with Gasteiger partial charge in [0.1, 0.15) is 0 Å². The molecule has 0 unspecified atom stereocenters. The van der Waals surface area contributed by atoms with Crippen LogP contribution in [0.5, 0.6) is 0 Å². The van der Waals surface area contributed by atoms with Gasteiger partial charge in [-0.05, 0) is 17.9 Å². The van der Waals surface area contributed by atoms with Crippen LogP contribution in [0, 0.1) is 5.21 Å². The molecule has 2 aromatic rings. The maximum atomic E-state index is 11.7. The van der Waals surface area contributed by atoms with Gasteiger partial charge in [-0.25, -0.2) is 0 Å². The number of rotatable bonds is 3. The third-order valence-electron chi connectivity index (χ3n) is 2.64. The van der Waals surface area contributed by atoms with Crippen molar-refractivity contribution < 1.29 is 4.73 Å². The Hall–Kier alpha value is -1.57. The standard InChI is InChI=1S/C13H15NO/c1-2-3-8-13-9-11-6-4-5-7-12(11)10-14(13)15/h4-7,9-10H,2-3,8H2,1H3. The van der Waals surface area contributed by atoms with Crippen molar-refractivity contribution in [2.75, 3.05) is 0 Å². The molecule has 0 saturated heterocycles. The van der Waals surface area contributed by atoms with E-state index in [1.165, 1.54) is 0 Å². The van der Waals surface area contributed by atoms with Crippen molar-refractivity contribution >= 4 is 10.8 Å². The van der Waals surface area contributed by atoms with E-state index >= 15 is 0 Å². The van der Waals surface area contributed by atoms with Gasteiger partial charge < -0.3 is 5.21 Å².